The van der Waals surface area contributed by atoms with Crippen molar-refractivity contribution in [3.63, 3.8) is 0 Å². The van der Waals surface area contributed by atoms with E-state index in [2.05, 4.69) is 32.7 Å². The number of para-hydroxylation sites is 1. The predicted octanol–water partition coefficient (Wildman–Crippen LogP) is 4.85. The lowest BCUT2D eigenvalue weighted by molar-refractivity contribution is 0.414. The van der Waals surface area contributed by atoms with E-state index in [1.807, 2.05) is 49.4 Å². The van der Waals surface area contributed by atoms with Crippen molar-refractivity contribution in [1.82, 2.24) is 9.97 Å². The SMILES string of the molecule is COc1ccc(CCNc2cc(Nc3ccccc3Cl)nc(C)n2)cc1. The third kappa shape index (κ3) is 4.86. The highest BCUT2D eigenvalue weighted by molar-refractivity contribution is 6.33. The van der Waals surface area contributed by atoms with Gasteiger partial charge < -0.3 is 15.4 Å². The molecule has 134 valence electrons. The molecule has 0 saturated heterocycles. The summed E-state index contributed by atoms with van der Waals surface area (Å²) in [6.45, 7) is 2.64. The Balaban J connectivity index is 1.62. The Morgan fingerprint density at radius 3 is 2.46 bits per heavy atom. The van der Waals surface area contributed by atoms with Gasteiger partial charge in [0.2, 0.25) is 0 Å². The number of aromatic nitrogens is 2. The van der Waals surface area contributed by atoms with E-state index in [0.717, 1.165) is 30.2 Å². The quantitative estimate of drug-likeness (QED) is 0.624. The number of nitrogens with one attached hydrogen (secondary N) is 2. The molecule has 3 aromatic rings. The number of rotatable bonds is 7. The summed E-state index contributed by atoms with van der Waals surface area (Å²) in [6.07, 6.45) is 0.889. The van der Waals surface area contributed by atoms with Crippen molar-refractivity contribution in [2.75, 3.05) is 24.3 Å². The first-order chi connectivity index (χ1) is 12.6. The first-order valence-electron chi connectivity index (χ1n) is 8.38. The maximum absolute atomic E-state index is 6.20. The van der Waals surface area contributed by atoms with Crippen LogP contribution in [0.5, 0.6) is 5.75 Å². The molecule has 0 unspecified atom stereocenters. The van der Waals surface area contributed by atoms with E-state index in [4.69, 9.17) is 16.3 Å². The number of nitrogens with zero attached hydrogens (tertiary/aromatic N) is 2. The van der Waals surface area contributed by atoms with Gasteiger partial charge in [-0.05, 0) is 43.2 Å². The lowest BCUT2D eigenvalue weighted by Gasteiger charge is -2.11. The average molecular weight is 369 g/mol. The highest BCUT2D eigenvalue weighted by Gasteiger charge is 2.05. The van der Waals surface area contributed by atoms with Crippen LogP contribution in [0, 0.1) is 6.92 Å². The Labute approximate surface area is 158 Å². The minimum atomic E-state index is 0.651. The number of methoxy groups -OCH3 is 1. The maximum Gasteiger partial charge on any atom is 0.136 e. The summed E-state index contributed by atoms with van der Waals surface area (Å²) in [5, 5.41) is 7.24. The van der Waals surface area contributed by atoms with Gasteiger partial charge in [0, 0.05) is 12.6 Å². The minimum absolute atomic E-state index is 0.651. The molecule has 0 atom stereocenters. The van der Waals surface area contributed by atoms with Gasteiger partial charge in [0.25, 0.3) is 0 Å². The number of halogens is 1. The molecule has 1 aromatic heterocycles. The first-order valence-corrected chi connectivity index (χ1v) is 8.76. The topological polar surface area (TPSA) is 59.1 Å². The summed E-state index contributed by atoms with van der Waals surface area (Å²) >= 11 is 6.20. The summed E-state index contributed by atoms with van der Waals surface area (Å²) in [5.74, 6) is 3.04. The van der Waals surface area contributed by atoms with Crippen molar-refractivity contribution in [2.24, 2.45) is 0 Å². The molecule has 0 spiro atoms. The van der Waals surface area contributed by atoms with Crippen LogP contribution >= 0.6 is 11.6 Å². The van der Waals surface area contributed by atoms with Crippen molar-refractivity contribution in [2.45, 2.75) is 13.3 Å². The van der Waals surface area contributed by atoms with Crippen LogP contribution < -0.4 is 15.4 Å². The predicted molar refractivity (Wildman–Crippen MR) is 107 cm³/mol. The molecule has 5 nitrogen and oxygen atoms in total. The Hall–Kier alpha value is -2.79. The molecular weight excluding hydrogens is 348 g/mol. The largest absolute Gasteiger partial charge is 0.497 e. The second kappa shape index (κ2) is 8.54. The van der Waals surface area contributed by atoms with Gasteiger partial charge in [-0.1, -0.05) is 35.9 Å². The smallest absolute Gasteiger partial charge is 0.136 e. The second-order valence-corrected chi connectivity index (χ2v) is 6.22. The number of ether oxygens (including phenoxy) is 1. The molecule has 2 N–H and O–H groups in total. The van der Waals surface area contributed by atoms with Crippen LogP contribution in [0.25, 0.3) is 0 Å². The number of hydrogen-bond acceptors (Lipinski definition) is 5. The van der Waals surface area contributed by atoms with Gasteiger partial charge in [-0.3, -0.25) is 0 Å². The van der Waals surface area contributed by atoms with Crippen LogP contribution in [0.4, 0.5) is 17.3 Å². The molecule has 26 heavy (non-hydrogen) atoms. The van der Waals surface area contributed by atoms with E-state index in [1.54, 1.807) is 7.11 Å². The molecule has 0 aliphatic heterocycles. The Kier molecular flexibility index (Phi) is 5.92. The molecule has 3 rings (SSSR count). The molecule has 0 radical (unpaired) electrons. The van der Waals surface area contributed by atoms with E-state index >= 15 is 0 Å². The zero-order valence-electron chi connectivity index (χ0n) is 14.8. The second-order valence-electron chi connectivity index (χ2n) is 5.82. The summed E-state index contributed by atoms with van der Waals surface area (Å²) < 4.78 is 5.18. The lowest BCUT2D eigenvalue weighted by Crippen LogP contribution is -2.08. The van der Waals surface area contributed by atoms with Crippen LogP contribution in [-0.2, 0) is 6.42 Å². The van der Waals surface area contributed by atoms with Crippen molar-refractivity contribution in [3.05, 3.63) is 71.0 Å². The van der Waals surface area contributed by atoms with Crippen molar-refractivity contribution >= 4 is 28.9 Å². The molecule has 0 aliphatic rings. The van der Waals surface area contributed by atoms with Crippen LogP contribution in [0.3, 0.4) is 0 Å². The molecule has 0 fully saturated rings. The molecule has 0 saturated carbocycles. The molecule has 6 heteroatoms. The van der Waals surface area contributed by atoms with E-state index in [1.165, 1.54) is 5.56 Å². The van der Waals surface area contributed by atoms with Crippen LogP contribution in [0.15, 0.2) is 54.6 Å². The van der Waals surface area contributed by atoms with Gasteiger partial charge in [0.1, 0.15) is 23.2 Å². The molecule has 0 amide bonds. The zero-order valence-corrected chi connectivity index (χ0v) is 15.5. The minimum Gasteiger partial charge on any atom is -0.497 e. The average Bonchev–Trinajstić information content (AvgIpc) is 2.64. The molecule has 0 bridgehead atoms. The fourth-order valence-corrected chi connectivity index (χ4v) is 2.73. The molecule has 1 heterocycles. The number of hydrogen-bond donors (Lipinski definition) is 2. The normalized spacial score (nSPS) is 10.4. The first kappa shape index (κ1) is 18.0. The van der Waals surface area contributed by atoms with Gasteiger partial charge in [-0.25, -0.2) is 9.97 Å². The number of aryl methyl sites for hydroxylation is 1. The third-order valence-corrected chi connectivity index (χ3v) is 4.18. The van der Waals surface area contributed by atoms with Crippen LogP contribution in [-0.4, -0.2) is 23.6 Å². The molecule has 2 aromatic carbocycles. The number of anilines is 3. The van der Waals surface area contributed by atoms with Crippen molar-refractivity contribution in [3.8, 4) is 5.75 Å². The Morgan fingerprint density at radius 1 is 1.00 bits per heavy atom. The van der Waals surface area contributed by atoms with Gasteiger partial charge in [-0.15, -0.1) is 0 Å². The van der Waals surface area contributed by atoms with E-state index < -0.39 is 0 Å². The van der Waals surface area contributed by atoms with E-state index in [-0.39, 0.29) is 0 Å². The van der Waals surface area contributed by atoms with Gasteiger partial charge in [0.05, 0.1) is 17.8 Å². The summed E-state index contributed by atoms with van der Waals surface area (Å²) in [4.78, 5) is 8.86. The van der Waals surface area contributed by atoms with E-state index in [9.17, 15) is 0 Å². The number of benzene rings is 2. The van der Waals surface area contributed by atoms with Gasteiger partial charge in [-0.2, -0.15) is 0 Å². The summed E-state index contributed by atoms with van der Waals surface area (Å²) in [5.41, 5.74) is 2.05. The van der Waals surface area contributed by atoms with Gasteiger partial charge in [0.15, 0.2) is 0 Å². The Bertz CT molecular complexity index is 868. The maximum atomic E-state index is 6.20. The van der Waals surface area contributed by atoms with Gasteiger partial charge >= 0.3 is 0 Å². The molecular formula is C20H21ClN4O. The summed E-state index contributed by atoms with van der Waals surface area (Å²) in [7, 11) is 1.67. The Morgan fingerprint density at radius 2 is 1.73 bits per heavy atom. The highest BCUT2D eigenvalue weighted by Crippen LogP contribution is 2.24. The molecule has 0 aliphatic carbocycles. The van der Waals surface area contributed by atoms with Crippen molar-refractivity contribution in [1.29, 1.82) is 0 Å². The van der Waals surface area contributed by atoms with Crippen molar-refractivity contribution < 1.29 is 4.74 Å². The van der Waals surface area contributed by atoms with Crippen LogP contribution in [0.1, 0.15) is 11.4 Å². The monoisotopic (exact) mass is 368 g/mol. The van der Waals surface area contributed by atoms with Crippen LogP contribution in [0.2, 0.25) is 5.02 Å². The highest BCUT2D eigenvalue weighted by atomic mass is 35.5. The fourth-order valence-electron chi connectivity index (χ4n) is 2.55. The summed E-state index contributed by atoms with van der Waals surface area (Å²) in [6, 6.07) is 17.5. The zero-order chi connectivity index (χ0) is 18.4. The third-order valence-electron chi connectivity index (χ3n) is 3.85. The fraction of sp³-hybridized carbons (Fsp3) is 0.200. The lowest BCUT2D eigenvalue weighted by atomic mass is 10.1. The standard InChI is InChI=1S/C20H21ClN4O/c1-14-23-19(22-12-11-15-7-9-16(26-2)10-8-15)13-20(24-14)25-18-6-4-3-5-17(18)21/h3-10,13H,11-12H2,1-2H3,(H2,22,23,24,25). The van der Waals surface area contributed by atoms with E-state index in [0.29, 0.717) is 16.7 Å².